The fraction of sp³-hybridized carbons (Fsp3) is 0.643. The van der Waals surface area contributed by atoms with E-state index >= 15 is 0 Å². The van der Waals surface area contributed by atoms with Crippen LogP contribution in [0.2, 0.25) is 0 Å². The van der Waals surface area contributed by atoms with E-state index in [-0.39, 0.29) is 6.54 Å². The second kappa shape index (κ2) is 5.41. The number of carbonyl (C=O) groups is 1. The van der Waals surface area contributed by atoms with E-state index in [1.54, 1.807) is 11.3 Å². The lowest BCUT2D eigenvalue weighted by molar-refractivity contribution is -0.149. The van der Waals surface area contributed by atoms with Gasteiger partial charge < -0.3 is 10.8 Å². The number of thiophene rings is 1. The number of carboxylic acids is 1. The van der Waals surface area contributed by atoms with Crippen LogP contribution in [0.1, 0.15) is 35.9 Å². The lowest BCUT2D eigenvalue weighted by Crippen LogP contribution is -2.41. The molecule has 0 radical (unpaired) electrons. The van der Waals surface area contributed by atoms with Crippen molar-refractivity contribution in [3.63, 3.8) is 0 Å². The highest BCUT2D eigenvalue weighted by Crippen LogP contribution is 2.42. The minimum absolute atomic E-state index is 0.234. The summed E-state index contributed by atoms with van der Waals surface area (Å²) in [7, 11) is 0. The van der Waals surface area contributed by atoms with E-state index in [1.807, 2.05) is 0 Å². The zero-order chi connectivity index (χ0) is 13.2. The molecule has 3 N–H and O–H groups in total. The first kappa shape index (κ1) is 13.6. The van der Waals surface area contributed by atoms with Crippen molar-refractivity contribution in [3.8, 4) is 0 Å². The molecule has 1 aromatic rings. The van der Waals surface area contributed by atoms with Gasteiger partial charge in [0.15, 0.2) is 0 Å². The summed E-state index contributed by atoms with van der Waals surface area (Å²) in [5.41, 5.74) is 5.04. The van der Waals surface area contributed by atoms with Crippen molar-refractivity contribution >= 4 is 17.3 Å². The molecule has 1 aromatic heterocycles. The maximum Gasteiger partial charge on any atom is 0.311 e. The van der Waals surface area contributed by atoms with Gasteiger partial charge in [0.05, 0.1) is 5.41 Å². The molecule has 3 nitrogen and oxygen atoms in total. The Bertz CT molecular complexity index is 425. The predicted molar refractivity (Wildman–Crippen MR) is 73.9 cm³/mol. The molecular weight excluding hydrogens is 246 g/mol. The third-order valence-electron chi connectivity index (χ3n) is 3.80. The maximum absolute atomic E-state index is 11.6. The van der Waals surface area contributed by atoms with Crippen molar-refractivity contribution < 1.29 is 9.90 Å². The molecule has 1 unspecified atom stereocenters. The molecule has 1 fully saturated rings. The van der Waals surface area contributed by atoms with Gasteiger partial charge in [0.25, 0.3) is 0 Å². The van der Waals surface area contributed by atoms with Gasteiger partial charge in [-0.2, -0.15) is 0 Å². The van der Waals surface area contributed by atoms with E-state index in [1.165, 1.54) is 17.7 Å². The molecule has 0 amide bonds. The van der Waals surface area contributed by atoms with Crippen LogP contribution in [0.3, 0.4) is 0 Å². The van der Waals surface area contributed by atoms with E-state index in [0.29, 0.717) is 12.3 Å². The predicted octanol–water partition coefficient (Wildman–Crippen LogP) is 2.68. The maximum atomic E-state index is 11.6. The highest BCUT2D eigenvalue weighted by atomic mass is 32.1. The van der Waals surface area contributed by atoms with Crippen molar-refractivity contribution in [2.45, 2.75) is 39.0 Å². The van der Waals surface area contributed by atoms with Crippen LogP contribution in [0, 0.1) is 11.3 Å². The Balaban J connectivity index is 2.14. The first-order valence-electron chi connectivity index (χ1n) is 6.60. The summed E-state index contributed by atoms with van der Waals surface area (Å²) < 4.78 is 0. The molecule has 0 bridgehead atoms. The number of hydrogen-bond acceptors (Lipinski definition) is 3. The van der Waals surface area contributed by atoms with Gasteiger partial charge in [-0.15, -0.1) is 11.3 Å². The van der Waals surface area contributed by atoms with Crippen molar-refractivity contribution in [3.05, 3.63) is 21.9 Å². The molecule has 1 aliphatic rings. The average Bonchev–Trinajstić information content (AvgIpc) is 3.05. The second-order valence-electron chi connectivity index (χ2n) is 5.34. The van der Waals surface area contributed by atoms with Crippen LogP contribution in [0.15, 0.2) is 12.1 Å². The minimum atomic E-state index is -0.753. The smallest absolute Gasteiger partial charge is 0.311 e. The topological polar surface area (TPSA) is 63.3 Å². The van der Waals surface area contributed by atoms with Crippen LogP contribution >= 0.6 is 11.3 Å². The first-order valence-corrected chi connectivity index (χ1v) is 7.42. The molecule has 1 saturated carbocycles. The normalized spacial score (nSPS) is 18.6. The molecule has 2 rings (SSSR count). The Kier molecular flexibility index (Phi) is 4.07. The van der Waals surface area contributed by atoms with Crippen LogP contribution in [0.4, 0.5) is 0 Å². The second-order valence-corrected chi connectivity index (χ2v) is 6.59. The van der Waals surface area contributed by atoms with Crippen LogP contribution in [-0.2, 0) is 17.6 Å². The Morgan fingerprint density at radius 2 is 2.17 bits per heavy atom. The molecule has 1 aliphatic carbocycles. The van der Waals surface area contributed by atoms with Crippen LogP contribution < -0.4 is 5.73 Å². The molecule has 0 aromatic carbocycles. The fourth-order valence-corrected chi connectivity index (χ4v) is 3.50. The van der Waals surface area contributed by atoms with Gasteiger partial charge in [-0.25, -0.2) is 0 Å². The quantitative estimate of drug-likeness (QED) is 0.798. The van der Waals surface area contributed by atoms with Gasteiger partial charge in [0, 0.05) is 16.3 Å². The molecule has 1 heterocycles. The van der Waals surface area contributed by atoms with Gasteiger partial charge in [-0.05, 0) is 37.3 Å². The van der Waals surface area contributed by atoms with Crippen molar-refractivity contribution in [2.75, 3.05) is 6.54 Å². The summed E-state index contributed by atoms with van der Waals surface area (Å²) in [6, 6.07) is 4.16. The summed E-state index contributed by atoms with van der Waals surface area (Å²) in [6.07, 6.45) is 4.66. The monoisotopic (exact) mass is 267 g/mol. The van der Waals surface area contributed by atoms with Crippen molar-refractivity contribution in [1.29, 1.82) is 0 Å². The zero-order valence-electron chi connectivity index (χ0n) is 10.8. The molecular formula is C14H21NO2S. The van der Waals surface area contributed by atoms with Gasteiger partial charge >= 0.3 is 5.97 Å². The lowest BCUT2D eigenvalue weighted by Gasteiger charge is -2.27. The van der Waals surface area contributed by atoms with Crippen molar-refractivity contribution in [1.82, 2.24) is 0 Å². The Morgan fingerprint density at radius 1 is 1.50 bits per heavy atom. The van der Waals surface area contributed by atoms with Crippen LogP contribution in [-0.4, -0.2) is 17.6 Å². The minimum Gasteiger partial charge on any atom is -0.481 e. The highest BCUT2D eigenvalue weighted by Gasteiger charge is 2.42. The summed E-state index contributed by atoms with van der Waals surface area (Å²) in [6.45, 7) is 2.35. The third-order valence-corrected chi connectivity index (χ3v) is 5.03. The molecule has 4 heteroatoms. The Morgan fingerprint density at radius 3 is 2.61 bits per heavy atom. The molecule has 0 aliphatic heterocycles. The number of nitrogens with two attached hydrogens (primary N) is 1. The van der Waals surface area contributed by atoms with Crippen molar-refractivity contribution in [2.24, 2.45) is 17.1 Å². The lowest BCUT2D eigenvalue weighted by atomic mass is 9.79. The Hall–Kier alpha value is -0.870. The van der Waals surface area contributed by atoms with E-state index in [0.717, 1.165) is 17.7 Å². The average molecular weight is 267 g/mol. The fourth-order valence-electron chi connectivity index (χ4n) is 2.39. The molecule has 18 heavy (non-hydrogen) atoms. The SMILES string of the molecule is CCc1ccc(CC(CN)(CC2CC2)C(=O)O)s1. The Labute approximate surface area is 112 Å². The first-order chi connectivity index (χ1) is 8.59. The number of hydrogen-bond donors (Lipinski definition) is 2. The van der Waals surface area contributed by atoms with Gasteiger partial charge in [-0.3, -0.25) is 4.79 Å². The van der Waals surface area contributed by atoms with Gasteiger partial charge in [-0.1, -0.05) is 19.8 Å². The largest absolute Gasteiger partial charge is 0.481 e. The van der Waals surface area contributed by atoms with Gasteiger partial charge in [0.2, 0.25) is 0 Å². The summed E-state index contributed by atoms with van der Waals surface area (Å²) >= 11 is 1.72. The number of carboxylic acid groups (broad SMARTS) is 1. The van der Waals surface area contributed by atoms with Crippen LogP contribution in [0.5, 0.6) is 0 Å². The van der Waals surface area contributed by atoms with E-state index in [2.05, 4.69) is 19.1 Å². The van der Waals surface area contributed by atoms with Gasteiger partial charge in [0.1, 0.15) is 0 Å². The highest BCUT2D eigenvalue weighted by molar-refractivity contribution is 7.12. The third kappa shape index (κ3) is 2.93. The molecule has 1 atom stereocenters. The standard InChI is InChI=1S/C14H21NO2S/c1-2-11-5-6-12(18-11)8-14(9-15,13(16)17)7-10-3-4-10/h5-6,10H,2-4,7-9,15H2,1H3,(H,16,17). The number of rotatable bonds is 7. The number of aryl methyl sites for hydroxylation is 1. The van der Waals surface area contributed by atoms with E-state index < -0.39 is 11.4 Å². The summed E-state index contributed by atoms with van der Waals surface area (Å²) in [4.78, 5) is 14.1. The summed E-state index contributed by atoms with van der Waals surface area (Å²) in [5, 5.41) is 9.55. The summed E-state index contributed by atoms with van der Waals surface area (Å²) in [5.74, 6) is -0.154. The number of aliphatic carboxylic acids is 1. The molecule has 0 spiro atoms. The van der Waals surface area contributed by atoms with E-state index in [9.17, 15) is 9.90 Å². The zero-order valence-corrected chi connectivity index (χ0v) is 11.6. The molecule has 0 saturated heterocycles. The molecule has 100 valence electrons. The van der Waals surface area contributed by atoms with Crippen LogP contribution in [0.25, 0.3) is 0 Å². The van der Waals surface area contributed by atoms with E-state index in [4.69, 9.17) is 5.73 Å².